The molecule has 1 fully saturated rings. The first-order chi connectivity index (χ1) is 9.15. The number of anilines is 1. The van der Waals surface area contributed by atoms with Crippen molar-refractivity contribution in [1.29, 1.82) is 0 Å². The minimum Gasteiger partial charge on any atom is -0.478 e. The number of carboxylic acid groups (broad SMARTS) is 1. The van der Waals surface area contributed by atoms with Gasteiger partial charge >= 0.3 is 5.97 Å². The molecule has 0 bridgehead atoms. The van der Waals surface area contributed by atoms with Crippen LogP contribution in [-0.2, 0) is 9.59 Å². The first-order valence-corrected chi connectivity index (χ1v) is 6.20. The predicted octanol–water partition coefficient (Wildman–Crippen LogP) is 1.47. The Labute approximate surface area is 111 Å². The standard InChI is InChI=1S/C14H16N2O3/c17-13(18)7-6-10-3-1-4-11(9-10)16-14(19)12-5-2-8-15-12/h1,3-4,6-7,9,12,15H,2,5,8H2,(H,16,19)(H,17,18)/b7-6+. The molecule has 1 saturated heterocycles. The van der Waals surface area contributed by atoms with E-state index in [9.17, 15) is 9.59 Å². The van der Waals surface area contributed by atoms with Gasteiger partial charge in [0, 0.05) is 11.8 Å². The summed E-state index contributed by atoms with van der Waals surface area (Å²) < 4.78 is 0. The van der Waals surface area contributed by atoms with Crippen LogP contribution in [0.5, 0.6) is 0 Å². The van der Waals surface area contributed by atoms with Crippen molar-refractivity contribution in [2.45, 2.75) is 18.9 Å². The monoisotopic (exact) mass is 260 g/mol. The highest BCUT2D eigenvalue weighted by molar-refractivity contribution is 5.95. The number of amides is 1. The summed E-state index contributed by atoms with van der Waals surface area (Å²) >= 11 is 0. The second-order valence-corrected chi connectivity index (χ2v) is 4.44. The van der Waals surface area contributed by atoms with E-state index < -0.39 is 5.97 Å². The van der Waals surface area contributed by atoms with Gasteiger partial charge in [-0.25, -0.2) is 4.79 Å². The van der Waals surface area contributed by atoms with E-state index in [1.165, 1.54) is 6.08 Å². The lowest BCUT2D eigenvalue weighted by Crippen LogP contribution is -2.35. The first kappa shape index (κ1) is 13.3. The Morgan fingerprint density at radius 3 is 2.95 bits per heavy atom. The highest BCUT2D eigenvalue weighted by Crippen LogP contribution is 2.14. The van der Waals surface area contributed by atoms with Gasteiger partial charge in [-0.1, -0.05) is 12.1 Å². The molecule has 5 nitrogen and oxygen atoms in total. The van der Waals surface area contributed by atoms with Crippen molar-refractivity contribution in [2.24, 2.45) is 0 Å². The normalized spacial score (nSPS) is 18.6. The average molecular weight is 260 g/mol. The molecule has 0 aromatic heterocycles. The molecule has 100 valence electrons. The molecule has 1 aliphatic rings. The second-order valence-electron chi connectivity index (χ2n) is 4.44. The van der Waals surface area contributed by atoms with Gasteiger partial charge in [0.05, 0.1) is 6.04 Å². The van der Waals surface area contributed by atoms with Gasteiger partial charge in [0.2, 0.25) is 5.91 Å². The largest absolute Gasteiger partial charge is 0.478 e. The number of benzene rings is 1. The molecule has 0 aliphatic carbocycles. The zero-order valence-electron chi connectivity index (χ0n) is 10.4. The molecule has 2 rings (SSSR count). The zero-order chi connectivity index (χ0) is 13.7. The minimum atomic E-state index is -0.996. The Morgan fingerprint density at radius 2 is 2.26 bits per heavy atom. The molecular weight excluding hydrogens is 244 g/mol. The van der Waals surface area contributed by atoms with Crippen LogP contribution in [0.3, 0.4) is 0 Å². The number of hydrogen-bond acceptors (Lipinski definition) is 3. The van der Waals surface area contributed by atoms with Crippen molar-refractivity contribution in [3.63, 3.8) is 0 Å². The first-order valence-electron chi connectivity index (χ1n) is 6.20. The topological polar surface area (TPSA) is 78.4 Å². The third kappa shape index (κ3) is 3.93. The van der Waals surface area contributed by atoms with Gasteiger partial charge in [-0.2, -0.15) is 0 Å². The average Bonchev–Trinajstić information content (AvgIpc) is 2.91. The third-order valence-corrected chi connectivity index (χ3v) is 2.95. The van der Waals surface area contributed by atoms with Crippen LogP contribution in [0.25, 0.3) is 6.08 Å². The molecule has 0 saturated carbocycles. The Morgan fingerprint density at radius 1 is 1.42 bits per heavy atom. The van der Waals surface area contributed by atoms with Crippen LogP contribution < -0.4 is 10.6 Å². The van der Waals surface area contributed by atoms with Crippen molar-refractivity contribution < 1.29 is 14.7 Å². The van der Waals surface area contributed by atoms with Gasteiger partial charge in [-0.3, -0.25) is 4.79 Å². The molecule has 5 heteroatoms. The van der Waals surface area contributed by atoms with Crippen molar-refractivity contribution in [1.82, 2.24) is 5.32 Å². The van der Waals surface area contributed by atoms with E-state index in [1.54, 1.807) is 24.3 Å². The van der Waals surface area contributed by atoms with E-state index >= 15 is 0 Å². The molecule has 1 unspecified atom stereocenters. The van der Waals surface area contributed by atoms with Crippen LogP contribution in [0, 0.1) is 0 Å². The fourth-order valence-corrected chi connectivity index (χ4v) is 2.03. The lowest BCUT2D eigenvalue weighted by Gasteiger charge is -2.11. The number of carbonyl (C=O) groups is 2. The van der Waals surface area contributed by atoms with Crippen LogP contribution in [0.1, 0.15) is 18.4 Å². The molecule has 1 atom stereocenters. The van der Waals surface area contributed by atoms with Gasteiger partial charge in [0.15, 0.2) is 0 Å². The van der Waals surface area contributed by atoms with E-state index in [0.717, 1.165) is 31.0 Å². The van der Waals surface area contributed by atoms with Gasteiger partial charge in [0.25, 0.3) is 0 Å². The number of nitrogens with one attached hydrogen (secondary N) is 2. The molecular formula is C14H16N2O3. The third-order valence-electron chi connectivity index (χ3n) is 2.95. The van der Waals surface area contributed by atoms with Crippen LogP contribution >= 0.6 is 0 Å². The second kappa shape index (κ2) is 6.15. The SMILES string of the molecule is O=C(O)/C=C/c1cccc(NC(=O)C2CCCN2)c1. The molecule has 1 heterocycles. The number of carboxylic acids is 1. The van der Waals surface area contributed by atoms with E-state index in [4.69, 9.17) is 5.11 Å². The summed E-state index contributed by atoms with van der Waals surface area (Å²) in [6.07, 6.45) is 4.43. The minimum absolute atomic E-state index is 0.0446. The maximum Gasteiger partial charge on any atom is 0.328 e. The summed E-state index contributed by atoms with van der Waals surface area (Å²) in [5.74, 6) is -1.04. The summed E-state index contributed by atoms with van der Waals surface area (Å²) in [5.41, 5.74) is 1.41. The maximum absolute atomic E-state index is 11.9. The Hall–Kier alpha value is -2.14. The summed E-state index contributed by atoms with van der Waals surface area (Å²) in [4.78, 5) is 22.4. The van der Waals surface area contributed by atoms with Crippen molar-refractivity contribution in [2.75, 3.05) is 11.9 Å². The fraction of sp³-hybridized carbons (Fsp3) is 0.286. The predicted molar refractivity (Wildman–Crippen MR) is 72.8 cm³/mol. The lowest BCUT2D eigenvalue weighted by molar-refractivity contribution is -0.131. The Kier molecular flexibility index (Phi) is 4.30. The van der Waals surface area contributed by atoms with Crippen molar-refractivity contribution in [3.8, 4) is 0 Å². The van der Waals surface area contributed by atoms with E-state index in [1.807, 2.05) is 0 Å². The zero-order valence-corrected chi connectivity index (χ0v) is 10.4. The molecule has 1 aromatic carbocycles. The Balaban J connectivity index is 2.02. The van der Waals surface area contributed by atoms with Crippen LogP contribution in [-0.4, -0.2) is 29.6 Å². The fourth-order valence-electron chi connectivity index (χ4n) is 2.03. The molecule has 1 amide bonds. The van der Waals surface area contributed by atoms with Crippen LogP contribution in [0.4, 0.5) is 5.69 Å². The number of hydrogen-bond donors (Lipinski definition) is 3. The summed E-state index contributed by atoms with van der Waals surface area (Å²) in [6.45, 7) is 0.874. The van der Waals surface area contributed by atoms with E-state index in [0.29, 0.717) is 5.69 Å². The quantitative estimate of drug-likeness (QED) is 0.716. The molecule has 1 aliphatic heterocycles. The summed E-state index contributed by atoms with van der Waals surface area (Å²) in [7, 11) is 0. The molecule has 19 heavy (non-hydrogen) atoms. The highest BCUT2D eigenvalue weighted by atomic mass is 16.4. The van der Waals surface area contributed by atoms with Gasteiger partial charge < -0.3 is 15.7 Å². The molecule has 0 spiro atoms. The van der Waals surface area contributed by atoms with E-state index in [-0.39, 0.29) is 11.9 Å². The molecule has 0 radical (unpaired) electrons. The van der Waals surface area contributed by atoms with Gasteiger partial charge in [-0.15, -0.1) is 0 Å². The summed E-state index contributed by atoms with van der Waals surface area (Å²) in [6, 6.07) is 6.96. The van der Waals surface area contributed by atoms with Crippen LogP contribution in [0.2, 0.25) is 0 Å². The molecule has 3 N–H and O–H groups in total. The van der Waals surface area contributed by atoms with Gasteiger partial charge in [0.1, 0.15) is 0 Å². The highest BCUT2D eigenvalue weighted by Gasteiger charge is 2.21. The number of rotatable bonds is 4. The Bertz CT molecular complexity index is 505. The number of aliphatic carboxylic acids is 1. The number of carbonyl (C=O) groups excluding carboxylic acids is 1. The maximum atomic E-state index is 11.9. The van der Waals surface area contributed by atoms with Crippen LogP contribution in [0.15, 0.2) is 30.3 Å². The van der Waals surface area contributed by atoms with E-state index in [2.05, 4.69) is 10.6 Å². The molecule has 1 aromatic rings. The summed E-state index contributed by atoms with van der Waals surface area (Å²) in [5, 5.41) is 14.5. The smallest absolute Gasteiger partial charge is 0.328 e. The lowest BCUT2D eigenvalue weighted by atomic mass is 10.1. The van der Waals surface area contributed by atoms with Crippen molar-refractivity contribution in [3.05, 3.63) is 35.9 Å². The van der Waals surface area contributed by atoms with Crippen molar-refractivity contribution >= 4 is 23.6 Å². The van der Waals surface area contributed by atoms with Gasteiger partial charge in [-0.05, 0) is 43.2 Å².